The molecule has 1 fully saturated rings. The zero-order valence-electron chi connectivity index (χ0n) is 4.45. The maximum absolute atomic E-state index is 12.6. The molecule has 0 aromatic rings. The summed E-state index contributed by atoms with van der Waals surface area (Å²) < 4.78 is 12.6. The summed E-state index contributed by atoms with van der Waals surface area (Å²) in [6.07, 6.45) is 1.10. The molecular weight excluding hydrogens is 107 g/mol. The van der Waals surface area contributed by atoms with Crippen LogP contribution in [0.25, 0.3) is 0 Å². The second kappa shape index (κ2) is 1.71. The minimum atomic E-state index is -1.71. The minimum Gasteiger partial charge on any atom is -0.273 e. The minimum absolute atomic E-state index is 0.337. The molecular formula is C5H7FN2. The van der Waals surface area contributed by atoms with Gasteiger partial charge in [-0.25, -0.2) is 4.39 Å². The molecule has 0 amide bonds. The lowest BCUT2D eigenvalue weighted by Crippen LogP contribution is -2.32. The Kier molecular flexibility index (Phi) is 1.18. The van der Waals surface area contributed by atoms with E-state index >= 15 is 0 Å². The Balaban J connectivity index is 2.56. The van der Waals surface area contributed by atoms with Crippen LogP contribution in [0.4, 0.5) is 4.39 Å². The van der Waals surface area contributed by atoms with Crippen LogP contribution in [0.3, 0.4) is 0 Å². The van der Waals surface area contributed by atoms with Crippen molar-refractivity contribution in [2.75, 3.05) is 6.54 Å². The summed E-state index contributed by atoms with van der Waals surface area (Å²) in [7, 11) is 0. The second-order valence-electron chi connectivity index (χ2n) is 1.94. The van der Waals surface area contributed by atoms with Crippen molar-refractivity contribution >= 4 is 0 Å². The van der Waals surface area contributed by atoms with Gasteiger partial charge in [0.2, 0.25) is 5.79 Å². The Morgan fingerprint density at radius 3 is 2.75 bits per heavy atom. The molecule has 1 N–H and O–H groups in total. The molecule has 0 spiro atoms. The van der Waals surface area contributed by atoms with Crippen molar-refractivity contribution in [3.05, 3.63) is 0 Å². The molecule has 1 unspecified atom stereocenters. The van der Waals surface area contributed by atoms with Crippen LogP contribution in [-0.4, -0.2) is 12.3 Å². The summed E-state index contributed by atoms with van der Waals surface area (Å²) in [5, 5.41) is 10.6. The number of nitrogens with zero attached hydrogens (tertiary/aromatic N) is 1. The van der Waals surface area contributed by atoms with E-state index in [9.17, 15) is 4.39 Å². The number of nitrogens with one attached hydrogen (secondary N) is 1. The molecule has 2 nitrogen and oxygen atoms in total. The molecule has 1 atom stereocenters. The summed E-state index contributed by atoms with van der Waals surface area (Å²) in [6.45, 7) is 0.629. The first-order chi connectivity index (χ1) is 3.77. The van der Waals surface area contributed by atoms with Gasteiger partial charge in [-0.1, -0.05) is 0 Å². The zero-order chi connectivity index (χ0) is 6.04. The van der Waals surface area contributed by atoms with E-state index in [1.807, 2.05) is 0 Å². The molecule has 0 aromatic carbocycles. The summed E-state index contributed by atoms with van der Waals surface area (Å²) >= 11 is 0. The van der Waals surface area contributed by atoms with Gasteiger partial charge in [0.1, 0.15) is 6.07 Å². The topological polar surface area (TPSA) is 35.8 Å². The second-order valence-corrected chi connectivity index (χ2v) is 1.94. The van der Waals surface area contributed by atoms with Crippen molar-refractivity contribution in [1.82, 2.24) is 5.32 Å². The number of nitriles is 1. The van der Waals surface area contributed by atoms with Crippen LogP contribution in [0.15, 0.2) is 0 Å². The molecule has 44 valence electrons. The monoisotopic (exact) mass is 114 g/mol. The van der Waals surface area contributed by atoms with Gasteiger partial charge in [-0.2, -0.15) is 5.26 Å². The third-order valence-corrected chi connectivity index (χ3v) is 1.28. The third-order valence-electron chi connectivity index (χ3n) is 1.28. The van der Waals surface area contributed by atoms with E-state index < -0.39 is 5.79 Å². The van der Waals surface area contributed by atoms with E-state index in [2.05, 4.69) is 5.32 Å². The van der Waals surface area contributed by atoms with Crippen LogP contribution in [0.2, 0.25) is 0 Å². The average molecular weight is 114 g/mol. The first kappa shape index (κ1) is 5.52. The maximum Gasteiger partial charge on any atom is 0.248 e. The number of alkyl halides is 1. The van der Waals surface area contributed by atoms with Crippen molar-refractivity contribution in [3.63, 3.8) is 0 Å². The van der Waals surface area contributed by atoms with E-state index in [4.69, 9.17) is 5.26 Å². The van der Waals surface area contributed by atoms with Gasteiger partial charge in [-0.15, -0.1) is 0 Å². The molecule has 1 aliphatic rings. The Bertz CT molecular complexity index is 121. The molecule has 0 saturated carbocycles. The van der Waals surface area contributed by atoms with Crippen LogP contribution >= 0.6 is 0 Å². The quantitative estimate of drug-likeness (QED) is 0.467. The van der Waals surface area contributed by atoms with E-state index in [-0.39, 0.29) is 0 Å². The largest absolute Gasteiger partial charge is 0.273 e. The highest BCUT2D eigenvalue weighted by molar-refractivity contribution is 5.01. The molecule has 0 radical (unpaired) electrons. The lowest BCUT2D eigenvalue weighted by Gasteiger charge is -2.06. The smallest absolute Gasteiger partial charge is 0.248 e. The van der Waals surface area contributed by atoms with E-state index in [0.717, 1.165) is 6.42 Å². The van der Waals surface area contributed by atoms with Crippen molar-refractivity contribution in [2.24, 2.45) is 0 Å². The fourth-order valence-corrected chi connectivity index (χ4v) is 0.802. The first-order valence-electron chi connectivity index (χ1n) is 2.62. The van der Waals surface area contributed by atoms with Crippen LogP contribution < -0.4 is 5.32 Å². The van der Waals surface area contributed by atoms with E-state index in [1.54, 1.807) is 6.07 Å². The summed E-state index contributed by atoms with van der Waals surface area (Å²) in [6, 6.07) is 1.56. The summed E-state index contributed by atoms with van der Waals surface area (Å²) in [5.41, 5.74) is 0. The Hall–Kier alpha value is -0.620. The highest BCUT2D eigenvalue weighted by Crippen LogP contribution is 2.18. The van der Waals surface area contributed by atoms with Gasteiger partial charge in [0.15, 0.2) is 0 Å². The molecule has 1 aliphatic heterocycles. The van der Waals surface area contributed by atoms with Crippen molar-refractivity contribution < 1.29 is 4.39 Å². The van der Waals surface area contributed by atoms with Crippen molar-refractivity contribution in [1.29, 1.82) is 5.26 Å². The summed E-state index contributed by atoms with van der Waals surface area (Å²) in [5.74, 6) is -1.71. The molecule has 0 aliphatic carbocycles. The highest BCUT2D eigenvalue weighted by atomic mass is 19.1. The normalized spacial score (nSPS) is 37.0. The molecule has 0 bridgehead atoms. The molecule has 1 rings (SSSR count). The predicted molar refractivity (Wildman–Crippen MR) is 26.7 cm³/mol. The van der Waals surface area contributed by atoms with E-state index in [0.29, 0.717) is 13.0 Å². The number of hydrogen-bond donors (Lipinski definition) is 1. The van der Waals surface area contributed by atoms with Gasteiger partial charge in [0, 0.05) is 6.42 Å². The lowest BCUT2D eigenvalue weighted by molar-refractivity contribution is 0.218. The Morgan fingerprint density at radius 1 is 1.75 bits per heavy atom. The summed E-state index contributed by atoms with van der Waals surface area (Å²) in [4.78, 5) is 0. The van der Waals surface area contributed by atoms with Gasteiger partial charge < -0.3 is 0 Å². The SMILES string of the molecule is N#CC1(F)CCCN1. The highest BCUT2D eigenvalue weighted by Gasteiger charge is 2.32. The van der Waals surface area contributed by atoms with Crippen molar-refractivity contribution in [2.45, 2.75) is 18.6 Å². The Morgan fingerprint density at radius 2 is 2.50 bits per heavy atom. The fraction of sp³-hybridized carbons (Fsp3) is 0.800. The first-order valence-corrected chi connectivity index (χ1v) is 2.62. The van der Waals surface area contributed by atoms with Crippen LogP contribution in [0, 0.1) is 11.3 Å². The number of rotatable bonds is 0. The molecule has 0 aromatic heterocycles. The average Bonchev–Trinajstić information content (AvgIpc) is 2.17. The standard InChI is InChI=1S/C5H7FN2/c6-5(4-7)2-1-3-8-5/h8H,1-3H2. The maximum atomic E-state index is 12.6. The van der Waals surface area contributed by atoms with Gasteiger partial charge in [0.05, 0.1) is 0 Å². The molecule has 1 saturated heterocycles. The van der Waals surface area contributed by atoms with Crippen LogP contribution in [0.5, 0.6) is 0 Å². The fourth-order valence-electron chi connectivity index (χ4n) is 0.802. The number of halogens is 1. The van der Waals surface area contributed by atoms with Crippen LogP contribution in [0.1, 0.15) is 12.8 Å². The van der Waals surface area contributed by atoms with E-state index in [1.165, 1.54) is 0 Å². The Labute approximate surface area is 47.3 Å². The lowest BCUT2D eigenvalue weighted by atomic mass is 10.2. The molecule has 8 heavy (non-hydrogen) atoms. The predicted octanol–water partition coefficient (Wildman–Crippen LogP) is 0.559. The molecule has 1 heterocycles. The van der Waals surface area contributed by atoms with Crippen molar-refractivity contribution in [3.8, 4) is 6.07 Å². The zero-order valence-corrected chi connectivity index (χ0v) is 4.45. The third kappa shape index (κ3) is 0.797. The van der Waals surface area contributed by atoms with Gasteiger partial charge in [-0.05, 0) is 13.0 Å². The van der Waals surface area contributed by atoms with Gasteiger partial charge in [-0.3, -0.25) is 5.32 Å². The van der Waals surface area contributed by atoms with Gasteiger partial charge in [0.25, 0.3) is 0 Å². The number of hydrogen-bond acceptors (Lipinski definition) is 2. The van der Waals surface area contributed by atoms with Crippen LogP contribution in [-0.2, 0) is 0 Å². The van der Waals surface area contributed by atoms with Gasteiger partial charge >= 0.3 is 0 Å². The molecule has 3 heteroatoms.